The Bertz CT molecular complexity index is 551. The molecular formula is C12H13N3O3. The predicted octanol–water partition coefficient (Wildman–Crippen LogP) is 2.39. The minimum absolute atomic E-state index is 0.0277. The number of rotatable bonds is 5. The van der Waals surface area contributed by atoms with E-state index in [1.54, 1.807) is 29.1 Å². The van der Waals surface area contributed by atoms with E-state index in [2.05, 4.69) is 5.10 Å². The Hall–Kier alpha value is -2.37. The highest BCUT2D eigenvalue weighted by atomic mass is 16.6. The van der Waals surface area contributed by atoms with Crippen molar-refractivity contribution < 1.29 is 9.66 Å². The number of nitrogens with zero attached hydrogens (tertiary/aromatic N) is 3. The van der Waals surface area contributed by atoms with E-state index in [1.165, 1.54) is 6.07 Å². The first-order valence-corrected chi connectivity index (χ1v) is 5.59. The molecule has 18 heavy (non-hydrogen) atoms. The smallest absolute Gasteiger partial charge is 0.310 e. The maximum atomic E-state index is 10.8. The number of nitro benzene ring substituents is 1. The summed E-state index contributed by atoms with van der Waals surface area (Å²) < 4.78 is 7.27. The van der Waals surface area contributed by atoms with Crippen LogP contribution in [0.2, 0.25) is 0 Å². The fourth-order valence-electron chi connectivity index (χ4n) is 1.65. The highest BCUT2D eigenvalue weighted by molar-refractivity contribution is 5.45. The number of para-hydroxylation sites is 2. The summed E-state index contributed by atoms with van der Waals surface area (Å²) in [4.78, 5) is 10.4. The van der Waals surface area contributed by atoms with Crippen LogP contribution in [0.3, 0.4) is 0 Å². The van der Waals surface area contributed by atoms with Crippen molar-refractivity contribution in [2.45, 2.75) is 20.1 Å². The molecule has 2 aromatic rings. The average Bonchev–Trinajstić information content (AvgIpc) is 2.84. The number of benzene rings is 1. The third-order valence-corrected chi connectivity index (χ3v) is 2.54. The highest BCUT2D eigenvalue weighted by Crippen LogP contribution is 2.26. The fraction of sp³-hybridized carbons (Fsp3) is 0.250. The first kappa shape index (κ1) is 12.1. The third kappa shape index (κ3) is 2.48. The lowest BCUT2D eigenvalue weighted by Crippen LogP contribution is -2.06. The van der Waals surface area contributed by atoms with Crippen molar-refractivity contribution in [1.82, 2.24) is 9.78 Å². The molecule has 1 heterocycles. The van der Waals surface area contributed by atoms with Gasteiger partial charge in [-0.3, -0.25) is 14.8 Å². The Balaban J connectivity index is 2.13. The molecule has 1 aromatic carbocycles. The average molecular weight is 247 g/mol. The highest BCUT2D eigenvalue weighted by Gasteiger charge is 2.14. The second-order valence-electron chi connectivity index (χ2n) is 3.65. The van der Waals surface area contributed by atoms with Crippen molar-refractivity contribution in [3.05, 3.63) is 52.3 Å². The normalized spacial score (nSPS) is 10.3. The fourth-order valence-corrected chi connectivity index (χ4v) is 1.65. The molecule has 0 atom stereocenters. The molecule has 0 fully saturated rings. The second-order valence-corrected chi connectivity index (χ2v) is 3.65. The van der Waals surface area contributed by atoms with Gasteiger partial charge in [-0.25, -0.2) is 0 Å². The summed E-state index contributed by atoms with van der Waals surface area (Å²) in [6, 6.07) is 8.16. The molecule has 1 aromatic heterocycles. The van der Waals surface area contributed by atoms with Crippen LogP contribution in [0.15, 0.2) is 36.5 Å². The molecule has 94 valence electrons. The van der Waals surface area contributed by atoms with Gasteiger partial charge < -0.3 is 4.74 Å². The Kier molecular flexibility index (Phi) is 3.57. The molecule has 6 nitrogen and oxygen atoms in total. The topological polar surface area (TPSA) is 70.2 Å². The van der Waals surface area contributed by atoms with Gasteiger partial charge in [-0.15, -0.1) is 0 Å². The predicted molar refractivity (Wildman–Crippen MR) is 65.3 cm³/mol. The molecule has 6 heteroatoms. The molecule has 0 aliphatic carbocycles. The number of ether oxygens (including phenoxy) is 1. The van der Waals surface area contributed by atoms with E-state index in [1.807, 2.05) is 13.0 Å². The van der Waals surface area contributed by atoms with Crippen molar-refractivity contribution in [2.24, 2.45) is 0 Å². The summed E-state index contributed by atoms with van der Waals surface area (Å²) in [5.41, 5.74) is 0.857. The lowest BCUT2D eigenvalue weighted by Gasteiger charge is -2.07. The lowest BCUT2D eigenvalue weighted by molar-refractivity contribution is -0.385. The summed E-state index contributed by atoms with van der Waals surface area (Å²) in [5.74, 6) is 0.270. The molecule has 0 aliphatic heterocycles. The maximum Gasteiger partial charge on any atom is 0.310 e. The van der Waals surface area contributed by atoms with E-state index in [-0.39, 0.29) is 18.0 Å². The maximum absolute atomic E-state index is 10.8. The van der Waals surface area contributed by atoms with Crippen LogP contribution in [0.1, 0.15) is 12.6 Å². The largest absolute Gasteiger partial charge is 0.480 e. The van der Waals surface area contributed by atoms with Gasteiger partial charge in [0.2, 0.25) is 0 Å². The SMILES string of the molecule is CCn1nccc1COc1ccccc1[N+](=O)[O-]. The van der Waals surface area contributed by atoms with Crippen LogP contribution in [-0.2, 0) is 13.2 Å². The molecule has 0 saturated heterocycles. The Morgan fingerprint density at radius 1 is 1.39 bits per heavy atom. The Morgan fingerprint density at radius 3 is 2.89 bits per heavy atom. The molecule has 0 amide bonds. The molecule has 2 rings (SSSR count). The quantitative estimate of drug-likeness (QED) is 0.600. The van der Waals surface area contributed by atoms with Gasteiger partial charge in [-0.2, -0.15) is 5.10 Å². The number of aryl methyl sites for hydroxylation is 1. The zero-order valence-electron chi connectivity index (χ0n) is 9.94. The van der Waals surface area contributed by atoms with Gasteiger partial charge in [0.25, 0.3) is 0 Å². The van der Waals surface area contributed by atoms with Gasteiger partial charge in [0.05, 0.1) is 10.6 Å². The first-order chi connectivity index (χ1) is 8.72. The van der Waals surface area contributed by atoms with Crippen molar-refractivity contribution in [2.75, 3.05) is 0 Å². The summed E-state index contributed by atoms with van der Waals surface area (Å²) in [7, 11) is 0. The minimum atomic E-state index is -0.452. The molecule has 0 aliphatic rings. The van der Waals surface area contributed by atoms with Crippen molar-refractivity contribution in [3.8, 4) is 5.75 Å². The minimum Gasteiger partial charge on any atom is -0.480 e. The van der Waals surface area contributed by atoms with Crippen LogP contribution in [0.5, 0.6) is 5.75 Å². The molecule has 0 bridgehead atoms. The van der Waals surface area contributed by atoms with E-state index in [0.717, 1.165) is 12.2 Å². The first-order valence-electron chi connectivity index (χ1n) is 5.59. The molecule has 0 saturated carbocycles. The third-order valence-electron chi connectivity index (χ3n) is 2.54. The van der Waals surface area contributed by atoms with E-state index in [0.29, 0.717) is 0 Å². The molecular weight excluding hydrogens is 234 g/mol. The van der Waals surface area contributed by atoms with Crippen molar-refractivity contribution in [3.63, 3.8) is 0 Å². The Morgan fingerprint density at radius 2 is 2.17 bits per heavy atom. The van der Waals surface area contributed by atoms with Gasteiger partial charge in [0.15, 0.2) is 5.75 Å². The van der Waals surface area contributed by atoms with Crippen LogP contribution >= 0.6 is 0 Å². The van der Waals surface area contributed by atoms with E-state index in [4.69, 9.17) is 4.74 Å². The van der Waals surface area contributed by atoms with Gasteiger partial charge in [0.1, 0.15) is 6.61 Å². The van der Waals surface area contributed by atoms with E-state index in [9.17, 15) is 10.1 Å². The second kappa shape index (κ2) is 5.31. The lowest BCUT2D eigenvalue weighted by atomic mass is 10.3. The van der Waals surface area contributed by atoms with Crippen LogP contribution in [-0.4, -0.2) is 14.7 Å². The van der Waals surface area contributed by atoms with E-state index >= 15 is 0 Å². The molecule has 0 unspecified atom stereocenters. The zero-order chi connectivity index (χ0) is 13.0. The Labute approximate surface area is 104 Å². The molecule has 0 N–H and O–H groups in total. The molecule has 0 spiro atoms. The summed E-state index contributed by atoms with van der Waals surface area (Å²) in [5, 5.41) is 14.9. The summed E-state index contributed by atoms with van der Waals surface area (Å²) >= 11 is 0. The molecule has 0 radical (unpaired) electrons. The van der Waals surface area contributed by atoms with Crippen LogP contribution in [0.25, 0.3) is 0 Å². The van der Waals surface area contributed by atoms with Crippen LogP contribution in [0.4, 0.5) is 5.69 Å². The standard InChI is InChI=1S/C12H13N3O3/c1-2-14-10(7-8-13-14)9-18-12-6-4-3-5-11(12)15(16)17/h3-8H,2,9H2,1H3. The van der Waals surface area contributed by atoms with Gasteiger partial charge >= 0.3 is 5.69 Å². The number of hydrogen-bond donors (Lipinski definition) is 0. The van der Waals surface area contributed by atoms with Crippen molar-refractivity contribution in [1.29, 1.82) is 0 Å². The van der Waals surface area contributed by atoms with E-state index < -0.39 is 4.92 Å². The monoisotopic (exact) mass is 247 g/mol. The van der Waals surface area contributed by atoms with Crippen molar-refractivity contribution >= 4 is 5.69 Å². The summed E-state index contributed by atoms with van der Waals surface area (Å²) in [6.07, 6.45) is 1.68. The number of hydrogen-bond acceptors (Lipinski definition) is 4. The number of aromatic nitrogens is 2. The summed E-state index contributed by atoms with van der Waals surface area (Å²) in [6.45, 7) is 2.97. The van der Waals surface area contributed by atoms with Gasteiger partial charge in [0, 0.05) is 18.8 Å². The van der Waals surface area contributed by atoms with Crippen LogP contribution in [0, 0.1) is 10.1 Å². The van der Waals surface area contributed by atoms with Gasteiger partial charge in [-0.1, -0.05) is 12.1 Å². The number of nitro groups is 1. The van der Waals surface area contributed by atoms with Gasteiger partial charge in [-0.05, 0) is 19.1 Å². The van der Waals surface area contributed by atoms with Crippen LogP contribution < -0.4 is 4.74 Å². The zero-order valence-corrected chi connectivity index (χ0v) is 9.94.